The van der Waals surface area contributed by atoms with Gasteiger partial charge in [0.15, 0.2) is 0 Å². The molecule has 0 fully saturated rings. The molecule has 0 saturated heterocycles. The summed E-state index contributed by atoms with van der Waals surface area (Å²) in [6.07, 6.45) is 0.788. The van der Waals surface area contributed by atoms with E-state index in [9.17, 15) is 22.2 Å². The van der Waals surface area contributed by atoms with Crippen LogP contribution in [0.2, 0.25) is 0 Å². The number of hydrogen-bond donors (Lipinski definition) is 1. The van der Waals surface area contributed by atoms with Gasteiger partial charge in [-0.05, 0) is 34.1 Å². The number of esters is 1. The lowest BCUT2D eigenvalue weighted by Gasteiger charge is -2.30. The molecular formula is C18H34F3NO3S. The average Bonchev–Trinajstić information content (AvgIpc) is 2.50. The van der Waals surface area contributed by atoms with E-state index in [1.165, 1.54) is 0 Å². The molecular weight excluding hydrogens is 367 g/mol. The molecule has 0 aromatic carbocycles. The lowest BCUT2D eigenvalue weighted by Crippen LogP contribution is -2.53. The van der Waals surface area contributed by atoms with Gasteiger partial charge in [0.25, 0.3) is 0 Å². The van der Waals surface area contributed by atoms with Gasteiger partial charge in [0.05, 0.1) is 28.3 Å². The third-order valence-electron chi connectivity index (χ3n) is 4.00. The Morgan fingerprint density at radius 1 is 1.04 bits per heavy atom. The Morgan fingerprint density at radius 2 is 1.58 bits per heavy atom. The number of halogens is 3. The Kier molecular flexibility index (Phi) is 11.7. The molecule has 4 nitrogen and oxygen atoms in total. The second kappa shape index (κ2) is 12.0. The van der Waals surface area contributed by atoms with E-state index in [-0.39, 0.29) is 13.0 Å². The van der Waals surface area contributed by atoms with E-state index in [1.54, 1.807) is 27.7 Å². The summed E-state index contributed by atoms with van der Waals surface area (Å²) in [7, 11) is -1.94. The number of alkyl halides is 3. The summed E-state index contributed by atoms with van der Waals surface area (Å²) in [4.78, 5) is 12.2. The van der Waals surface area contributed by atoms with Crippen LogP contribution < -0.4 is 4.72 Å². The molecule has 0 spiro atoms. The molecule has 0 bridgehead atoms. The molecule has 3 atom stereocenters. The van der Waals surface area contributed by atoms with Crippen molar-refractivity contribution in [3.8, 4) is 0 Å². The van der Waals surface area contributed by atoms with Crippen LogP contribution in [-0.2, 0) is 20.5 Å². The Labute approximate surface area is 158 Å². The first kappa shape index (κ1) is 25.4. The Hall–Kier alpha value is -0.630. The van der Waals surface area contributed by atoms with Crippen LogP contribution >= 0.6 is 0 Å². The molecule has 0 aromatic heterocycles. The lowest BCUT2D eigenvalue weighted by molar-refractivity contribution is -0.179. The molecule has 8 heteroatoms. The number of ether oxygens (including phenoxy) is 1. The van der Waals surface area contributed by atoms with E-state index < -0.39 is 39.8 Å². The van der Waals surface area contributed by atoms with Crippen molar-refractivity contribution in [2.45, 2.75) is 96.5 Å². The van der Waals surface area contributed by atoms with Gasteiger partial charge in [-0.25, -0.2) is 8.93 Å². The maximum Gasteiger partial charge on any atom is 0.405 e. The molecule has 0 aliphatic carbocycles. The molecule has 0 unspecified atom stereocenters. The molecule has 0 aliphatic rings. The Bertz CT molecular complexity index is 436. The molecule has 0 aliphatic heterocycles. The zero-order valence-corrected chi connectivity index (χ0v) is 17.4. The van der Waals surface area contributed by atoms with Gasteiger partial charge in [0.1, 0.15) is 6.04 Å². The summed E-state index contributed by atoms with van der Waals surface area (Å²) >= 11 is 0. The fourth-order valence-corrected chi connectivity index (χ4v) is 3.37. The molecule has 0 saturated carbocycles. The number of carbonyl (C=O) groups is 1. The average molecular weight is 402 g/mol. The fourth-order valence-electron chi connectivity index (χ4n) is 2.48. The van der Waals surface area contributed by atoms with Gasteiger partial charge in [-0.2, -0.15) is 13.2 Å². The van der Waals surface area contributed by atoms with Crippen molar-refractivity contribution in [2.75, 3.05) is 6.61 Å². The number of rotatable bonds is 12. The van der Waals surface area contributed by atoms with Gasteiger partial charge in [-0.1, -0.05) is 45.4 Å². The molecule has 0 radical (unpaired) electrons. The van der Waals surface area contributed by atoms with Crippen LogP contribution in [0.5, 0.6) is 0 Å². The molecule has 1 N–H and O–H groups in total. The van der Waals surface area contributed by atoms with Crippen molar-refractivity contribution < 1.29 is 26.9 Å². The second-order valence-corrected chi connectivity index (χ2v) is 9.43. The smallest absolute Gasteiger partial charge is 0.405 e. The molecule has 0 aromatic rings. The highest BCUT2D eigenvalue weighted by Crippen LogP contribution is 2.31. The van der Waals surface area contributed by atoms with Crippen molar-refractivity contribution in [2.24, 2.45) is 5.92 Å². The number of nitrogens with one attached hydrogen (secondary N) is 1. The van der Waals surface area contributed by atoms with Crippen LogP contribution in [0.1, 0.15) is 79.6 Å². The van der Waals surface area contributed by atoms with Crippen molar-refractivity contribution in [1.29, 1.82) is 0 Å². The largest absolute Gasteiger partial charge is 0.466 e. The van der Waals surface area contributed by atoms with Crippen LogP contribution in [0, 0.1) is 5.92 Å². The van der Waals surface area contributed by atoms with Crippen molar-refractivity contribution in [3.63, 3.8) is 0 Å². The maximum atomic E-state index is 13.6. The Morgan fingerprint density at radius 3 is 2.04 bits per heavy atom. The molecule has 0 rings (SSSR count). The minimum Gasteiger partial charge on any atom is -0.466 e. The number of carbonyl (C=O) groups excluding carboxylic acids is 1. The first-order valence-corrected chi connectivity index (χ1v) is 10.5. The summed E-state index contributed by atoms with van der Waals surface area (Å²) in [5.41, 5.74) is 0. The molecule has 0 amide bonds. The van der Waals surface area contributed by atoms with Gasteiger partial charge in [-0.15, -0.1) is 0 Å². The molecule has 26 heavy (non-hydrogen) atoms. The van der Waals surface area contributed by atoms with Gasteiger partial charge in [-0.3, -0.25) is 4.79 Å². The van der Waals surface area contributed by atoms with Crippen LogP contribution in [0.3, 0.4) is 0 Å². The van der Waals surface area contributed by atoms with E-state index in [4.69, 9.17) is 4.74 Å². The predicted octanol–water partition coefficient (Wildman–Crippen LogP) is 4.90. The molecule has 156 valence electrons. The van der Waals surface area contributed by atoms with Crippen molar-refractivity contribution >= 4 is 17.0 Å². The highest BCUT2D eigenvalue weighted by atomic mass is 32.2. The minimum absolute atomic E-state index is 0.0127. The second-order valence-electron chi connectivity index (χ2n) is 7.43. The summed E-state index contributed by atoms with van der Waals surface area (Å²) in [5.74, 6) is -2.28. The van der Waals surface area contributed by atoms with Crippen LogP contribution in [0.25, 0.3) is 0 Å². The predicted molar refractivity (Wildman–Crippen MR) is 99.0 cm³/mol. The van der Waals surface area contributed by atoms with Gasteiger partial charge >= 0.3 is 12.1 Å². The van der Waals surface area contributed by atoms with E-state index in [2.05, 4.69) is 11.6 Å². The van der Waals surface area contributed by atoms with E-state index in [0.717, 1.165) is 32.1 Å². The van der Waals surface area contributed by atoms with E-state index >= 15 is 0 Å². The number of hydrogen-bond acceptors (Lipinski definition) is 3. The summed E-state index contributed by atoms with van der Waals surface area (Å²) in [6.45, 7) is 8.40. The zero-order chi connectivity index (χ0) is 20.4. The van der Waals surface area contributed by atoms with Crippen molar-refractivity contribution in [1.82, 2.24) is 4.72 Å². The fraction of sp³-hybridized carbons (Fsp3) is 0.944. The summed E-state index contributed by atoms with van der Waals surface area (Å²) in [6, 6.07) is -2.18. The van der Waals surface area contributed by atoms with Gasteiger partial charge < -0.3 is 4.74 Å². The minimum atomic E-state index is -4.69. The highest BCUT2D eigenvalue weighted by molar-refractivity contribution is 7.84. The lowest BCUT2D eigenvalue weighted by atomic mass is 9.93. The van der Waals surface area contributed by atoms with E-state index in [1.807, 2.05) is 0 Å². The SMILES string of the molecule is CCCCCCCC[C@H](C(=O)OCC)[C@H](N[S@@](=O)C(C)(C)C)C(F)(F)F. The number of unbranched alkanes of at least 4 members (excludes halogenated alkanes) is 5. The van der Waals surface area contributed by atoms with Crippen LogP contribution in [0.15, 0.2) is 0 Å². The van der Waals surface area contributed by atoms with Gasteiger partial charge in [0.2, 0.25) is 0 Å². The standard InChI is InChI=1S/C18H34F3NO3S/c1-6-8-9-10-11-12-13-14(16(23)25-7-2)15(18(19,20)21)22-26(24)17(3,4)5/h14-15,22H,6-13H2,1-5H3/t14-,15-,26-/m0/s1. The van der Waals surface area contributed by atoms with Crippen LogP contribution in [-0.4, -0.2) is 33.8 Å². The first-order valence-electron chi connectivity index (χ1n) is 9.36. The first-order chi connectivity index (χ1) is 11.9. The Balaban J connectivity index is 5.15. The third kappa shape index (κ3) is 9.90. The monoisotopic (exact) mass is 401 g/mol. The quantitative estimate of drug-likeness (QED) is 0.374. The summed E-state index contributed by atoms with van der Waals surface area (Å²) in [5, 5.41) is 0. The normalized spacial score (nSPS) is 16.2. The third-order valence-corrected chi connectivity index (χ3v) is 5.58. The molecule has 0 heterocycles. The van der Waals surface area contributed by atoms with Crippen LogP contribution in [0.4, 0.5) is 13.2 Å². The topological polar surface area (TPSA) is 55.4 Å². The zero-order valence-electron chi connectivity index (χ0n) is 16.6. The highest BCUT2D eigenvalue weighted by Gasteiger charge is 2.49. The van der Waals surface area contributed by atoms with Crippen molar-refractivity contribution in [3.05, 3.63) is 0 Å². The maximum absolute atomic E-state index is 13.6. The van der Waals surface area contributed by atoms with E-state index in [0.29, 0.717) is 6.42 Å². The summed E-state index contributed by atoms with van der Waals surface area (Å²) < 4.78 is 59.1. The van der Waals surface area contributed by atoms with Gasteiger partial charge in [0, 0.05) is 0 Å².